The number of ketones is 1. The number of nitrogens with zero attached hydrogens (tertiary/aromatic N) is 1. The van der Waals surface area contributed by atoms with Crippen molar-refractivity contribution >= 4 is 32.7 Å². The van der Waals surface area contributed by atoms with Gasteiger partial charge in [-0.05, 0) is 6.07 Å². The average molecular weight is 269 g/mol. The molecule has 0 atom stereocenters. The number of aromatic amines is 1. The van der Waals surface area contributed by atoms with Crippen LogP contribution in [0.3, 0.4) is 0 Å². The minimum Gasteiger partial charge on any atom is -0.481 e. The number of Topliss-reactive ketones (excluding diaryl/α,β-unsaturated/α-hetero) is 1. The van der Waals surface area contributed by atoms with Gasteiger partial charge in [0.25, 0.3) is 0 Å². The molecule has 2 rings (SSSR count). The zero-order chi connectivity index (χ0) is 10.8. The molecule has 5 heteroatoms. The summed E-state index contributed by atoms with van der Waals surface area (Å²) in [5.74, 6) is 0.507. The maximum atomic E-state index is 11.5. The molecule has 2 aromatic rings. The van der Waals surface area contributed by atoms with Crippen LogP contribution in [0.1, 0.15) is 10.4 Å². The lowest BCUT2D eigenvalue weighted by atomic mass is 10.2. The Morgan fingerprint density at radius 3 is 3.07 bits per heavy atom. The standard InChI is InChI=1S/C10H9BrN2O2/c1-15-9-3-2-7-10(13-9)6(5-12-7)8(14)4-11/h2-3,5,12H,4H2,1H3. The fraction of sp³-hybridized carbons (Fsp3) is 0.200. The molecule has 0 spiro atoms. The number of methoxy groups -OCH3 is 1. The van der Waals surface area contributed by atoms with Crippen LogP contribution in [0.15, 0.2) is 18.3 Å². The number of aromatic nitrogens is 2. The molecule has 2 aromatic heterocycles. The molecule has 0 aliphatic carbocycles. The second kappa shape index (κ2) is 4.02. The van der Waals surface area contributed by atoms with E-state index >= 15 is 0 Å². The van der Waals surface area contributed by atoms with E-state index in [-0.39, 0.29) is 5.78 Å². The normalized spacial score (nSPS) is 10.5. The number of pyridine rings is 1. The van der Waals surface area contributed by atoms with Gasteiger partial charge in [-0.1, -0.05) is 15.9 Å². The van der Waals surface area contributed by atoms with E-state index in [1.807, 2.05) is 6.07 Å². The number of halogens is 1. The van der Waals surface area contributed by atoms with Crippen molar-refractivity contribution in [2.24, 2.45) is 0 Å². The largest absolute Gasteiger partial charge is 0.481 e. The van der Waals surface area contributed by atoms with Gasteiger partial charge in [-0.15, -0.1) is 0 Å². The molecular formula is C10H9BrN2O2. The number of ether oxygens (including phenoxy) is 1. The van der Waals surface area contributed by atoms with Crippen LogP contribution in [0.4, 0.5) is 0 Å². The number of hydrogen-bond acceptors (Lipinski definition) is 3. The maximum absolute atomic E-state index is 11.5. The van der Waals surface area contributed by atoms with Gasteiger partial charge in [0.05, 0.1) is 23.5 Å². The third kappa shape index (κ3) is 1.74. The molecule has 0 amide bonds. The summed E-state index contributed by atoms with van der Waals surface area (Å²) < 4.78 is 5.01. The summed E-state index contributed by atoms with van der Waals surface area (Å²) in [5, 5.41) is 0.291. The summed E-state index contributed by atoms with van der Waals surface area (Å²) in [5.41, 5.74) is 2.07. The molecular weight excluding hydrogens is 260 g/mol. The minimum absolute atomic E-state index is 0.00185. The van der Waals surface area contributed by atoms with Gasteiger partial charge in [0.2, 0.25) is 5.88 Å². The Morgan fingerprint density at radius 1 is 1.60 bits per heavy atom. The summed E-state index contributed by atoms with van der Waals surface area (Å²) in [7, 11) is 1.55. The maximum Gasteiger partial charge on any atom is 0.213 e. The van der Waals surface area contributed by atoms with Crippen LogP contribution in [0.5, 0.6) is 5.88 Å². The predicted molar refractivity (Wildman–Crippen MR) is 60.8 cm³/mol. The lowest BCUT2D eigenvalue weighted by molar-refractivity contribution is 0.102. The van der Waals surface area contributed by atoms with Gasteiger partial charge in [0.1, 0.15) is 5.52 Å². The molecule has 2 heterocycles. The fourth-order valence-corrected chi connectivity index (χ4v) is 1.68. The Morgan fingerprint density at radius 2 is 2.40 bits per heavy atom. The highest BCUT2D eigenvalue weighted by molar-refractivity contribution is 9.09. The van der Waals surface area contributed by atoms with Crippen LogP contribution in [-0.2, 0) is 0 Å². The highest BCUT2D eigenvalue weighted by Crippen LogP contribution is 2.20. The van der Waals surface area contributed by atoms with Gasteiger partial charge in [0.15, 0.2) is 5.78 Å². The topological polar surface area (TPSA) is 55.0 Å². The van der Waals surface area contributed by atoms with Gasteiger partial charge in [-0.2, -0.15) is 0 Å². The number of fused-ring (bicyclic) bond motifs is 1. The summed E-state index contributed by atoms with van der Waals surface area (Å²) in [6.07, 6.45) is 1.67. The van der Waals surface area contributed by atoms with Crippen molar-refractivity contribution in [1.29, 1.82) is 0 Å². The molecule has 4 nitrogen and oxygen atoms in total. The molecule has 0 unspecified atom stereocenters. The van der Waals surface area contributed by atoms with Crippen LogP contribution in [-0.4, -0.2) is 28.2 Å². The van der Waals surface area contributed by atoms with Crippen molar-refractivity contribution in [1.82, 2.24) is 9.97 Å². The van der Waals surface area contributed by atoms with Crippen molar-refractivity contribution in [2.45, 2.75) is 0 Å². The third-order valence-corrected chi connectivity index (χ3v) is 2.64. The molecule has 1 N–H and O–H groups in total. The van der Waals surface area contributed by atoms with Gasteiger partial charge in [-0.25, -0.2) is 4.98 Å². The van der Waals surface area contributed by atoms with Crippen molar-refractivity contribution < 1.29 is 9.53 Å². The smallest absolute Gasteiger partial charge is 0.213 e. The van der Waals surface area contributed by atoms with Crippen molar-refractivity contribution in [3.8, 4) is 5.88 Å². The molecule has 0 radical (unpaired) electrons. The van der Waals surface area contributed by atoms with Crippen LogP contribution >= 0.6 is 15.9 Å². The first-order valence-corrected chi connectivity index (χ1v) is 5.49. The van der Waals surface area contributed by atoms with Crippen molar-refractivity contribution in [2.75, 3.05) is 12.4 Å². The average Bonchev–Trinajstić information content (AvgIpc) is 2.70. The second-order valence-corrected chi connectivity index (χ2v) is 3.57. The summed E-state index contributed by atoms with van der Waals surface area (Å²) in [6.45, 7) is 0. The molecule has 0 aliphatic rings. The first-order valence-electron chi connectivity index (χ1n) is 4.37. The zero-order valence-electron chi connectivity index (χ0n) is 8.08. The highest BCUT2D eigenvalue weighted by Gasteiger charge is 2.12. The van der Waals surface area contributed by atoms with Gasteiger partial charge in [-0.3, -0.25) is 4.79 Å². The van der Waals surface area contributed by atoms with Gasteiger partial charge >= 0.3 is 0 Å². The van der Waals surface area contributed by atoms with E-state index in [2.05, 4.69) is 25.9 Å². The molecule has 0 fully saturated rings. The number of hydrogen-bond donors (Lipinski definition) is 1. The van der Waals surface area contributed by atoms with Crippen LogP contribution in [0.25, 0.3) is 11.0 Å². The number of carbonyl (C=O) groups is 1. The lowest BCUT2D eigenvalue weighted by Crippen LogP contribution is -1.99. The molecule has 0 aromatic carbocycles. The van der Waals surface area contributed by atoms with E-state index in [1.54, 1.807) is 19.4 Å². The summed E-state index contributed by atoms with van der Waals surface area (Å²) in [6, 6.07) is 3.59. The van der Waals surface area contributed by atoms with Crippen LogP contribution in [0, 0.1) is 0 Å². The Bertz CT molecular complexity index is 507. The van der Waals surface area contributed by atoms with Gasteiger partial charge < -0.3 is 9.72 Å². The Kier molecular flexibility index (Phi) is 2.73. The SMILES string of the molecule is COc1ccc2[nH]cc(C(=O)CBr)c2n1. The number of H-pyrrole nitrogens is 1. The number of alkyl halides is 1. The molecule has 0 bridgehead atoms. The first-order chi connectivity index (χ1) is 7.26. The third-order valence-electron chi connectivity index (χ3n) is 2.13. The zero-order valence-corrected chi connectivity index (χ0v) is 9.67. The lowest BCUT2D eigenvalue weighted by Gasteiger charge is -1.98. The van der Waals surface area contributed by atoms with E-state index in [0.717, 1.165) is 5.52 Å². The molecule has 0 aliphatic heterocycles. The van der Waals surface area contributed by atoms with E-state index in [1.165, 1.54) is 0 Å². The molecule has 0 saturated carbocycles. The number of nitrogens with one attached hydrogen (secondary N) is 1. The summed E-state index contributed by atoms with van der Waals surface area (Å²) in [4.78, 5) is 18.8. The van der Waals surface area contributed by atoms with Gasteiger partial charge in [0, 0.05) is 12.3 Å². The van der Waals surface area contributed by atoms with Crippen LogP contribution < -0.4 is 4.74 Å². The molecule has 0 saturated heterocycles. The number of carbonyl (C=O) groups excluding carboxylic acids is 1. The number of rotatable bonds is 3. The second-order valence-electron chi connectivity index (χ2n) is 3.01. The highest BCUT2D eigenvalue weighted by atomic mass is 79.9. The molecule has 78 valence electrons. The van der Waals surface area contributed by atoms with Crippen molar-refractivity contribution in [3.63, 3.8) is 0 Å². The Hall–Kier alpha value is -1.36. The van der Waals surface area contributed by atoms with Crippen molar-refractivity contribution in [3.05, 3.63) is 23.9 Å². The summed E-state index contributed by atoms with van der Waals surface area (Å²) >= 11 is 3.14. The minimum atomic E-state index is 0.00185. The quantitative estimate of drug-likeness (QED) is 0.686. The van der Waals surface area contributed by atoms with E-state index in [4.69, 9.17) is 4.74 Å². The van der Waals surface area contributed by atoms with Crippen LogP contribution in [0.2, 0.25) is 0 Å². The van der Waals surface area contributed by atoms with E-state index in [9.17, 15) is 4.79 Å². The molecule has 15 heavy (non-hydrogen) atoms. The monoisotopic (exact) mass is 268 g/mol. The first kappa shape index (κ1) is 10.2. The Balaban J connectivity index is 2.61. The van der Waals surface area contributed by atoms with E-state index < -0.39 is 0 Å². The Labute approximate surface area is 94.8 Å². The van der Waals surface area contributed by atoms with E-state index in [0.29, 0.717) is 22.3 Å². The predicted octanol–water partition coefficient (Wildman–Crippen LogP) is 2.15. The fourth-order valence-electron chi connectivity index (χ4n) is 1.38.